The maximum absolute atomic E-state index is 6.90. The first-order chi connectivity index (χ1) is 28.5. The molecule has 10 rings (SSSR count). The summed E-state index contributed by atoms with van der Waals surface area (Å²) < 4.78 is 6.90. The minimum absolute atomic E-state index is 0.0339. The van der Waals surface area contributed by atoms with Crippen molar-refractivity contribution in [2.24, 2.45) is 0 Å². The Kier molecular flexibility index (Phi) is 8.76. The van der Waals surface area contributed by atoms with Crippen LogP contribution in [0.3, 0.4) is 0 Å². The molecule has 0 amide bonds. The summed E-state index contributed by atoms with van der Waals surface area (Å²) in [6, 6.07) is 66.9. The zero-order valence-electron chi connectivity index (χ0n) is 34.8. The van der Waals surface area contributed by atoms with Crippen molar-refractivity contribution in [1.29, 1.82) is 0 Å². The topological polar surface area (TPSA) is 12.5 Å². The highest BCUT2D eigenvalue weighted by atomic mass is 16.5. The van der Waals surface area contributed by atoms with Crippen LogP contribution in [0.1, 0.15) is 52.7 Å². The molecule has 0 spiro atoms. The van der Waals surface area contributed by atoms with Crippen LogP contribution in [0.25, 0.3) is 44.5 Å². The van der Waals surface area contributed by atoms with Crippen LogP contribution in [0.2, 0.25) is 0 Å². The third-order valence-electron chi connectivity index (χ3n) is 12.2. The highest BCUT2D eigenvalue weighted by molar-refractivity contribution is 6.99. The summed E-state index contributed by atoms with van der Waals surface area (Å²) in [6.45, 7) is 13.9. The fourth-order valence-corrected chi connectivity index (χ4v) is 8.99. The molecule has 0 unspecified atom stereocenters. The first-order valence-corrected chi connectivity index (χ1v) is 20.9. The van der Waals surface area contributed by atoms with E-state index in [-0.39, 0.29) is 17.5 Å². The molecule has 0 bridgehead atoms. The van der Waals surface area contributed by atoms with Crippen LogP contribution in [0.5, 0.6) is 11.5 Å². The van der Waals surface area contributed by atoms with Crippen LogP contribution in [0, 0.1) is 0 Å². The predicted octanol–water partition coefficient (Wildman–Crippen LogP) is 13.4. The Balaban J connectivity index is 1.26. The molecule has 8 aromatic rings. The Labute approximate surface area is 349 Å². The average molecular weight is 762 g/mol. The molecule has 0 saturated heterocycles. The lowest BCUT2D eigenvalue weighted by Gasteiger charge is -2.41. The summed E-state index contributed by atoms with van der Waals surface area (Å²) in [6.07, 6.45) is 0. The Morgan fingerprint density at radius 1 is 0.373 bits per heavy atom. The van der Waals surface area contributed by atoms with Crippen molar-refractivity contribution in [2.75, 3.05) is 4.90 Å². The van der Waals surface area contributed by atoms with Crippen molar-refractivity contribution in [2.45, 2.75) is 52.4 Å². The van der Waals surface area contributed by atoms with Crippen molar-refractivity contribution in [3.05, 3.63) is 193 Å². The third kappa shape index (κ3) is 6.56. The largest absolute Gasteiger partial charge is 0.458 e. The van der Waals surface area contributed by atoms with Crippen molar-refractivity contribution in [3.8, 4) is 56.0 Å². The molecule has 0 aliphatic carbocycles. The van der Waals surface area contributed by atoms with Gasteiger partial charge in [0.25, 0.3) is 6.71 Å². The summed E-state index contributed by atoms with van der Waals surface area (Å²) in [5, 5.41) is 0. The number of hydrogen-bond donors (Lipinski definition) is 0. The molecule has 8 aromatic carbocycles. The van der Waals surface area contributed by atoms with E-state index in [9.17, 15) is 0 Å². The second-order valence-electron chi connectivity index (χ2n) is 18.2. The van der Waals surface area contributed by atoms with Gasteiger partial charge in [0.1, 0.15) is 11.5 Å². The van der Waals surface area contributed by atoms with Gasteiger partial charge in [-0.2, -0.15) is 0 Å². The Morgan fingerprint density at radius 3 is 1.44 bits per heavy atom. The summed E-state index contributed by atoms with van der Waals surface area (Å²) in [4.78, 5) is 2.51. The fraction of sp³-hybridized carbons (Fsp3) is 0.143. The zero-order chi connectivity index (χ0) is 40.5. The first kappa shape index (κ1) is 36.7. The van der Waals surface area contributed by atoms with Crippen LogP contribution in [-0.4, -0.2) is 6.71 Å². The highest BCUT2D eigenvalue weighted by Crippen LogP contribution is 2.47. The molecule has 0 radical (unpaired) electrons. The lowest BCUT2D eigenvalue weighted by atomic mass is 9.34. The molecule has 2 aliphatic rings. The van der Waals surface area contributed by atoms with E-state index in [1.807, 2.05) is 0 Å². The van der Waals surface area contributed by atoms with Crippen LogP contribution in [-0.2, 0) is 10.8 Å². The van der Waals surface area contributed by atoms with Gasteiger partial charge in [0.05, 0.1) is 5.69 Å². The number of anilines is 3. The molecule has 2 aliphatic heterocycles. The maximum Gasteiger partial charge on any atom is 0.256 e. The zero-order valence-corrected chi connectivity index (χ0v) is 34.8. The second kappa shape index (κ2) is 14.1. The van der Waals surface area contributed by atoms with Gasteiger partial charge in [-0.3, -0.25) is 0 Å². The number of fused-ring (bicyclic) bond motifs is 4. The third-order valence-corrected chi connectivity index (χ3v) is 12.2. The van der Waals surface area contributed by atoms with Gasteiger partial charge < -0.3 is 9.64 Å². The van der Waals surface area contributed by atoms with Gasteiger partial charge in [0.2, 0.25) is 0 Å². The van der Waals surface area contributed by atoms with Gasteiger partial charge in [0.15, 0.2) is 0 Å². The molecule has 0 atom stereocenters. The smallest absolute Gasteiger partial charge is 0.256 e. The number of nitrogens with zero attached hydrogens (tertiary/aromatic N) is 1. The van der Waals surface area contributed by atoms with Crippen molar-refractivity contribution < 1.29 is 4.74 Å². The number of hydrogen-bond acceptors (Lipinski definition) is 2. The molecule has 286 valence electrons. The molecule has 2 nitrogen and oxygen atoms in total. The standard InChI is InChI=1S/C56H48BNO/c1-55(2,3)44-31-43(32-45(36-44)56(4,5)6)46-33-40(37-17-10-7-11-18-37)25-28-49(46)58-50-29-26-41(38-19-12-8-13-20-38)34-47(50)57-48-35-42(39-21-14-9-15-22-39)27-30-52(48)59-53-24-16-23-51(58)54(53)57/h7-36H,1-6H3. The van der Waals surface area contributed by atoms with E-state index in [1.54, 1.807) is 0 Å². The lowest BCUT2D eigenvalue weighted by molar-refractivity contribution is 0.487. The molecule has 0 saturated carbocycles. The van der Waals surface area contributed by atoms with Crippen LogP contribution in [0.4, 0.5) is 17.1 Å². The molecule has 59 heavy (non-hydrogen) atoms. The molecule has 2 heterocycles. The summed E-state index contributed by atoms with van der Waals surface area (Å²) in [5.41, 5.74) is 19.3. The van der Waals surface area contributed by atoms with Gasteiger partial charge >= 0.3 is 0 Å². The Morgan fingerprint density at radius 2 is 0.881 bits per heavy atom. The molecule has 0 N–H and O–H groups in total. The van der Waals surface area contributed by atoms with Crippen LogP contribution in [0.15, 0.2) is 182 Å². The van der Waals surface area contributed by atoms with E-state index in [0.29, 0.717) is 0 Å². The van der Waals surface area contributed by atoms with E-state index in [1.165, 1.54) is 77.7 Å². The highest BCUT2D eigenvalue weighted by Gasteiger charge is 2.42. The van der Waals surface area contributed by atoms with E-state index >= 15 is 0 Å². The average Bonchev–Trinajstić information content (AvgIpc) is 3.26. The van der Waals surface area contributed by atoms with Gasteiger partial charge in [-0.15, -0.1) is 0 Å². The first-order valence-electron chi connectivity index (χ1n) is 20.9. The molecule has 3 heteroatoms. The Hall–Kier alpha value is -6.58. The SMILES string of the molecule is CC(C)(C)c1cc(-c2cc(-c3ccccc3)ccc2N2c3ccc(-c4ccccc4)cc3B3c4cc(-c5ccccc5)ccc4Oc4cccc2c43)cc(C(C)(C)C)c1. The normalized spacial score (nSPS) is 13.0. The summed E-state index contributed by atoms with van der Waals surface area (Å²) in [5.74, 6) is 1.81. The van der Waals surface area contributed by atoms with Crippen molar-refractivity contribution in [1.82, 2.24) is 0 Å². The fourth-order valence-electron chi connectivity index (χ4n) is 8.99. The van der Waals surface area contributed by atoms with E-state index in [0.717, 1.165) is 22.9 Å². The summed E-state index contributed by atoms with van der Waals surface area (Å²) in [7, 11) is 0. The predicted molar refractivity (Wildman–Crippen MR) is 251 cm³/mol. The molecular weight excluding hydrogens is 713 g/mol. The van der Waals surface area contributed by atoms with Gasteiger partial charge in [-0.1, -0.05) is 187 Å². The van der Waals surface area contributed by atoms with Crippen LogP contribution < -0.4 is 26.0 Å². The Bertz CT molecular complexity index is 2830. The quantitative estimate of drug-likeness (QED) is 0.162. The molecule has 0 aromatic heterocycles. The maximum atomic E-state index is 6.90. The lowest BCUT2D eigenvalue weighted by Crippen LogP contribution is -2.59. The number of benzene rings is 8. The van der Waals surface area contributed by atoms with E-state index in [4.69, 9.17) is 4.74 Å². The van der Waals surface area contributed by atoms with Crippen LogP contribution >= 0.6 is 0 Å². The summed E-state index contributed by atoms with van der Waals surface area (Å²) >= 11 is 0. The number of rotatable bonds is 5. The van der Waals surface area contributed by atoms with Gasteiger partial charge in [-0.05, 0) is 114 Å². The number of ether oxygens (including phenoxy) is 1. The minimum Gasteiger partial charge on any atom is -0.458 e. The molecule has 0 fully saturated rings. The van der Waals surface area contributed by atoms with E-state index in [2.05, 4.69) is 228 Å². The molecular formula is C56H48BNO. The van der Waals surface area contributed by atoms with Gasteiger partial charge in [-0.25, -0.2) is 0 Å². The van der Waals surface area contributed by atoms with Crippen molar-refractivity contribution in [3.63, 3.8) is 0 Å². The monoisotopic (exact) mass is 761 g/mol. The second-order valence-corrected chi connectivity index (χ2v) is 18.2. The van der Waals surface area contributed by atoms with E-state index < -0.39 is 0 Å². The van der Waals surface area contributed by atoms with Gasteiger partial charge in [0, 0.05) is 16.9 Å². The minimum atomic E-state index is -0.0349. The van der Waals surface area contributed by atoms with Crippen molar-refractivity contribution >= 4 is 40.2 Å².